The normalized spacial score (nSPS) is 15.3. The Hall–Kier alpha value is -0.470. The van der Waals surface area contributed by atoms with E-state index in [9.17, 15) is 0 Å². The molecule has 15 heavy (non-hydrogen) atoms. The lowest BCUT2D eigenvalue weighted by Crippen LogP contribution is -2.00. The first kappa shape index (κ1) is 11.0. The molecule has 1 aromatic heterocycles. The summed E-state index contributed by atoms with van der Waals surface area (Å²) < 4.78 is 5.53. The molecule has 1 heterocycles. The van der Waals surface area contributed by atoms with Crippen molar-refractivity contribution in [3.63, 3.8) is 0 Å². The van der Waals surface area contributed by atoms with E-state index < -0.39 is 0 Å². The molecule has 1 aromatic rings. The summed E-state index contributed by atoms with van der Waals surface area (Å²) in [7, 11) is 0. The fourth-order valence-electron chi connectivity index (χ4n) is 1.38. The Morgan fingerprint density at radius 2 is 2.27 bits per heavy atom. The number of halogens is 2. The van der Waals surface area contributed by atoms with Crippen molar-refractivity contribution in [2.45, 2.75) is 25.1 Å². The number of hydrogen-bond donors (Lipinski definition) is 0. The summed E-state index contributed by atoms with van der Waals surface area (Å²) in [5.74, 6) is 1.89. The Balaban J connectivity index is 1.89. The molecule has 0 aliphatic heterocycles. The number of hydrogen-bond acceptors (Lipinski definition) is 2. The third-order valence-electron chi connectivity index (χ3n) is 2.53. The van der Waals surface area contributed by atoms with Gasteiger partial charge in [-0.25, -0.2) is 4.98 Å². The van der Waals surface area contributed by atoms with Gasteiger partial charge in [0.05, 0.1) is 11.6 Å². The number of ether oxygens (including phenoxy) is 1. The van der Waals surface area contributed by atoms with E-state index in [0.29, 0.717) is 16.8 Å². The minimum Gasteiger partial charge on any atom is -0.478 e. The number of aromatic nitrogens is 1. The third-order valence-corrected chi connectivity index (χ3v) is 3.15. The van der Waals surface area contributed by atoms with Crippen molar-refractivity contribution in [2.24, 2.45) is 5.92 Å². The van der Waals surface area contributed by atoms with Crippen LogP contribution in [0.4, 0.5) is 0 Å². The first-order valence-corrected chi connectivity index (χ1v) is 6.04. The van der Waals surface area contributed by atoms with E-state index in [4.69, 9.17) is 27.9 Å². The lowest BCUT2D eigenvalue weighted by atomic mass is 10.3. The van der Waals surface area contributed by atoms with Gasteiger partial charge in [0.2, 0.25) is 5.88 Å². The molecule has 1 fully saturated rings. The second-order valence-corrected chi connectivity index (χ2v) is 4.50. The van der Waals surface area contributed by atoms with E-state index in [2.05, 4.69) is 4.98 Å². The van der Waals surface area contributed by atoms with Gasteiger partial charge in [0.15, 0.2) is 0 Å². The Morgan fingerprint density at radius 3 is 2.93 bits per heavy atom. The highest BCUT2D eigenvalue weighted by Gasteiger charge is 2.20. The van der Waals surface area contributed by atoms with E-state index >= 15 is 0 Å². The maximum absolute atomic E-state index is 5.89. The summed E-state index contributed by atoms with van der Waals surface area (Å²) in [6, 6.07) is 1.81. The van der Waals surface area contributed by atoms with Crippen molar-refractivity contribution in [1.82, 2.24) is 4.98 Å². The van der Waals surface area contributed by atoms with Gasteiger partial charge in [-0.05, 0) is 17.9 Å². The standard InChI is InChI=1S/C11H13Cl2NO/c12-6-9-5-11(14-7-10(9)13)15-4-3-8-1-2-8/h5,7-8H,1-4,6H2. The van der Waals surface area contributed by atoms with E-state index in [0.717, 1.165) is 24.5 Å². The smallest absolute Gasteiger partial charge is 0.213 e. The van der Waals surface area contributed by atoms with Crippen LogP contribution in [0.25, 0.3) is 0 Å². The van der Waals surface area contributed by atoms with Gasteiger partial charge in [0.25, 0.3) is 0 Å². The molecular formula is C11H13Cl2NO. The molecule has 0 bridgehead atoms. The lowest BCUT2D eigenvalue weighted by Gasteiger charge is -2.06. The highest BCUT2D eigenvalue weighted by molar-refractivity contribution is 6.32. The van der Waals surface area contributed by atoms with Gasteiger partial charge in [0, 0.05) is 18.1 Å². The average molecular weight is 246 g/mol. The molecule has 0 N–H and O–H groups in total. The SMILES string of the molecule is ClCc1cc(OCCC2CC2)ncc1Cl. The van der Waals surface area contributed by atoms with Crippen LogP contribution in [0, 0.1) is 5.92 Å². The zero-order valence-corrected chi connectivity index (χ0v) is 9.89. The van der Waals surface area contributed by atoms with Crippen LogP contribution in [0.3, 0.4) is 0 Å². The second kappa shape index (κ2) is 5.04. The van der Waals surface area contributed by atoms with Crippen LogP contribution in [0.15, 0.2) is 12.3 Å². The summed E-state index contributed by atoms with van der Waals surface area (Å²) >= 11 is 11.6. The number of alkyl halides is 1. The average Bonchev–Trinajstić information content (AvgIpc) is 3.04. The number of pyridine rings is 1. The fraction of sp³-hybridized carbons (Fsp3) is 0.545. The summed E-state index contributed by atoms with van der Waals surface area (Å²) in [5, 5.41) is 0.597. The molecule has 82 valence electrons. The summed E-state index contributed by atoms with van der Waals surface area (Å²) in [6.07, 6.45) is 5.42. The first-order chi connectivity index (χ1) is 7.29. The number of nitrogens with zero attached hydrogens (tertiary/aromatic N) is 1. The topological polar surface area (TPSA) is 22.1 Å². The van der Waals surface area contributed by atoms with Gasteiger partial charge in [-0.15, -0.1) is 11.6 Å². The van der Waals surface area contributed by atoms with Crippen molar-refractivity contribution < 1.29 is 4.74 Å². The molecule has 0 saturated heterocycles. The van der Waals surface area contributed by atoms with Crippen LogP contribution in [0.1, 0.15) is 24.8 Å². The summed E-state index contributed by atoms with van der Waals surface area (Å²) in [6.45, 7) is 0.737. The zero-order valence-electron chi connectivity index (χ0n) is 8.38. The van der Waals surface area contributed by atoms with Crippen molar-refractivity contribution >= 4 is 23.2 Å². The highest BCUT2D eigenvalue weighted by atomic mass is 35.5. The monoisotopic (exact) mass is 245 g/mol. The van der Waals surface area contributed by atoms with E-state index in [-0.39, 0.29) is 0 Å². The largest absolute Gasteiger partial charge is 0.478 e. The Kier molecular flexibility index (Phi) is 3.71. The Morgan fingerprint density at radius 1 is 1.47 bits per heavy atom. The predicted molar refractivity (Wildman–Crippen MR) is 61.6 cm³/mol. The quantitative estimate of drug-likeness (QED) is 0.740. The van der Waals surface area contributed by atoms with Crippen LogP contribution in [-0.4, -0.2) is 11.6 Å². The molecule has 2 rings (SSSR count). The Bertz CT molecular complexity index is 339. The van der Waals surface area contributed by atoms with Crippen molar-refractivity contribution in [3.05, 3.63) is 22.8 Å². The molecular weight excluding hydrogens is 233 g/mol. The van der Waals surface area contributed by atoms with Gasteiger partial charge in [-0.3, -0.25) is 0 Å². The van der Waals surface area contributed by atoms with E-state index in [1.807, 2.05) is 6.07 Å². The molecule has 4 heteroatoms. The minimum absolute atomic E-state index is 0.389. The van der Waals surface area contributed by atoms with Crippen LogP contribution in [-0.2, 0) is 5.88 Å². The Labute approximate surface area is 99.6 Å². The van der Waals surface area contributed by atoms with Crippen LogP contribution in [0.2, 0.25) is 5.02 Å². The number of rotatable bonds is 5. The van der Waals surface area contributed by atoms with Gasteiger partial charge < -0.3 is 4.74 Å². The van der Waals surface area contributed by atoms with Crippen molar-refractivity contribution in [1.29, 1.82) is 0 Å². The van der Waals surface area contributed by atoms with Crippen molar-refractivity contribution in [3.8, 4) is 5.88 Å². The van der Waals surface area contributed by atoms with Gasteiger partial charge >= 0.3 is 0 Å². The molecule has 2 nitrogen and oxygen atoms in total. The second-order valence-electron chi connectivity index (χ2n) is 3.83. The molecule has 0 atom stereocenters. The van der Waals surface area contributed by atoms with Gasteiger partial charge in [-0.1, -0.05) is 24.4 Å². The first-order valence-electron chi connectivity index (χ1n) is 5.13. The van der Waals surface area contributed by atoms with E-state index in [1.54, 1.807) is 6.20 Å². The third kappa shape index (κ3) is 3.25. The molecule has 0 spiro atoms. The van der Waals surface area contributed by atoms with Gasteiger partial charge in [0.1, 0.15) is 0 Å². The van der Waals surface area contributed by atoms with Crippen LogP contribution < -0.4 is 4.74 Å². The summed E-state index contributed by atoms with van der Waals surface area (Å²) in [4.78, 5) is 4.09. The van der Waals surface area contributed by atoms with Crippen molar-refractivity contribution in [2.75, 3.05) is 6.61 Å². The highest BCUT2D eigenvalue weighted by Crippen LogP contribution is 2.32. The molecule has 1 aliphatic carbocycles. The van der Waals surface area contributed by atoms with Gasteiger partial charge in [-0.2, -0.15) is 0 Å². The minimum atomic E-state index is 0.389. The predicted octanol–water partition coefficient (Wildman–Crippen LogP) is 3.65. The molecule has 0 amide bonds. The molecule has 1 saturated carbocycles. The maximum atomic E-state index is 5.89. The maximum Gasteiger partial charge on any atom is 0.213 e. The molecule has 0 radical (unpaired) electrons. The van der Waals surface area contributed by atoms with Crippen LogP contribution >= 0.6 is 23.2 Å². The van der Waals surface area contributed by atoms with Crippen LogP contribution in [0.5, 0.6) is 5.88 Å². The summed E-state index contributed by atoms with van der Waals surface area (Å²) in [5.41, 5.74) is 0.870. The molecule has 0 unspecified atom stereocenters. The lowest BCUT2D eigenvalue weighted by molar-refractivity contribution is 0.291. The fourth-order valence-corrected chi connectivity index (χ4v) is 1.84. The zero-order chi connectivity index (χ0) is 10.7. The molecule has 0 aromatic carbocycles. The molecule has 1 aliphatic rings. The van der Waals surface area contributed by atoms with E-state index in [1.165, 1.54) is 12.8 Å².